The van der Waals surface area contributed by atoms with E-state index in [-0.39, 0.29) is 5.56 Å². The first-order valence-electron chi connectivity index (χ1n) is 5.81. The molecule has 0 spiro atoms. The topological polar surface area (TPSA) is 67.5 Å². The van der Waals surface area contributed by atoms with E-state index in [1.165, 1.54) is 0 Å². The summed E-state index contributed by atoms with van der Waals surface area (Å²) in [5, 5.41) is 13.4. The number of nitrogens with zero attached hydrogens (tertiary/aromatic N) is 3. The van der Waals surface area contributed by atoms with Gasteiger partial charge in [0.05, 0.1) is 5.56 Å². The van der Waals surface area contributed by atoms with E-state index in [2.05, 4.69) is 10.1 Å². The summed E-state index contributed by atoms with van der Waals surface area (Å²) in [7, 11) is 0. The van der Waals surface area contributed by atoms with Crippen LogP contribution in [0, 0.1) is 6.92 Å². The Bertz CT molecular complexity index is 777. The van der Waals surface area contributed by atoms with Crippen molar-refractivity contribution in [1.29, 1.82) is 0 Å². The van der Waals surface area contributed by atoms with Crippen molar-refractivity contribution < 1.29 is 9.90 Å². The van der Waals surface area contributed by atoms with Crippen LogP contribution in [0.4, 0.5) is 0 Å². The Balaban J connectivity index is 2.16. The lowest BCUT2D eigenvalue weighted by Gasteiger charge is -1.97. The maximum Gasteiger partial charge on any atom is 0.335 e. The van der Waals surface area contributed by atoms with Gasteiger partial charge in [0.1, 0.15) is 0 Å². The third-order valence-corrected chi connectivity index (χ3v) is 2.93. The quantitative estimate of drug-likeness (QED) is 0.761. The van der Waals surface area contributed by atoms with E-state index in [4.69, 9.17) is 5.11 Å². The first kappa shape index (κ1) is 11.4. The van der Waals surface area contributed by atoms with Crippen LogP contribution < -0.4 is 0 Å². The summed E-state index contributed by atoms with van der Waals surface area (Å²) in [6, 6.07) is 10.5. The number of carboxylic acid groups (broad SMARTS) is 1. The summed E-state index contributed by atoms with van der Waals surface area (Å²) >= 11 is 0. The number of hydrogen-bond acceptors (Lipinski definition) is 3. The van der Waals surface area contributed by atoms with Gasteiger partial charge in [-0.15, -0.1) is 5.10 Å². The number of pyridine rings is 1. The van der Waals surface area contributed by atoms with Crippen molar-refractivity contribution in [2.24, 2.45) is 0 Å². The van der Waals surface area contributed by atoms with Gasteiger partial charge in [0.15, 0.2) is 11.5 Å². The molecule has 0 aliphatic heterocycles. The number of carbonyl (C=O) groups is 1. The summed E-state index contributed by atoms with van der Waals surface area (Å²) in [6.07, 6.45) is 1.82. The van der Waals surface area contributed by atoms with Crippen LogP contribution in [0.3, 0.4) is 0 Å². The van der Waals surface area contributed by atoms with E-state index in [0.29, 0.717) is 11.4 Å². The maximum atomic E-state index is 11.0. The monoisotopic (exact) mass is 253 g/mol. The number of hydrogen-bond donors (Lipinski definition) is 1. The molecular formula is C14H11N3O2. The summed E-state index contributed by atoms with van der Waals surface area (Å²) in [6.45, 7) is 1.96. The second-order valence-electron chi connectivity index (χ2n) is 4.28. The molecule has 5 nitrogen and oxygen atoms in total. The molecule has 19 heavy (non-hydrogen) atoms. The summed E-state index contributed by atoms with van der Waals surface area (Å²) in [5.74, 6) is -0.431. The number of fused-ring (bicyclic) bond motifs is 1. The second-order valence-corrected chi connectivity index (χ2v) is 4.28. The van der Waals surface area contributed by atoms with Crippen molar-refractivity contribution in [2.45, 2.75) is 6.92 Å². The van der Waals surface area contributed by atoms with E-state index in [0.717, 1.165) is 11.2 Å². The molecule has 0 amide bonds. The van der Waals surface area contributed by atoms with Gasteiger partial charge in [0.25, 0.3) is 0 Å². The zero-order chi connectivity index (χ0) is 13.4. The van der Waals surface area contributed by atoms with E-state index < -0.39 is 5.97 Å². The Morgan fingerprint density at radius 1 is 1.26 bits per heavy atom. The average Bonchev–Trinajstić information content (AvgIpc) is 2.84. The Hall–Kier alpha value is -2.69. The summed E-state index contributed by atoms with van der Waals surface area (Å²) in [4.78, 5) is 15.4. The normalized spacial score (nSPS) is 10.8. The highest BCUT2D eigenvalue weighted by Gasteiger charge is 2.10. The molecular weight excluding hydrogens is 242 g/mol. The fourth-order valence-corrected chi connectivity index (χ4v) is 1.95. The maximum absolute atomic E-state index is 11.0. The van der Waals surface area contributed by atoms with Gasteiger partial charge in [-0.2, -0.15) is 0 Å². The van der Waals surface area contributed by atoms with Crippen LogP contribution in [0.5, 0.6) is 0 Å². The molecule has 2 heterocycles. The van der Waals surface area contributed by atoms with Gasteiger partial charge in [-0.1, -0.05) is 18.2 Å². The van der Waals surface area contributed by atoms with Crippen molar-refractivity contribution >= 4 is 11.6 Å². The SMILES string of the molecule is Cc1cccn2nc(-c3cccc(C(=O)O)c3)nc12. The van der Waals surface area contributed by atoms with E-state index >= 15 is 0 Å². The molecule has 0 aliphatic rings. The van der Waals surface area contributed by atoms with Crippen molar-refractivity contribution in [1.82, 2.24) is 14.6 Å². The largest absolute Gasteiger partial charge is 0.478 e. The second kappa shape index (κ2) is 4.20. The van der Waals surface area contributed by atoms with Crippen LogP contribution in [0.15, 0.2) is 42.6 Å². The molecule has 0 aliphatic carbocycles. The highest BCUT2D eigenvalue weighted by molar-refractivity contribution is 5.89. The average molecular weight is 253 g/mol. The van der Waals surface area contributed by atoms with Gasteiger partial charge in [0, 0.05) is 11.8 Å². The molecule has 0 atom stereocenters. The molecule has 3 aromatic rings. The Kier molecular flexibility index (Phi) is 2.52. The van der Waals surface area contributed by atoms with Gasteiger partial charge >= 0.3 is 5.97 Å². The molecule has 0 fully saturated rings. The van der Waals surface area contributed by atoms with Crippen LogP contribution in [-0.4, -0.2) is 25.7 Å². The highest BCUT2D eigenvalue weighted by atomic mass is 16.4. The van der Waals surface area contributed by atoms with Gasteiger partial charge in [-0.25, -0.2) is 14.3 Å². The lowest BCUT2D eigenvalue weighted by molar-refractivity contribution is 0.0697. The summed E-state index contributed by atoms with van der Waals surface area (Å²) < 4.78 is 1.69. The first-order chi connectivity index (χ1) is 9.15. The molecule has 0 saturated carbocycles. The van der Waals surface area contributed by atoms with Crippen molar-refractivity contribution in [3.05, 3.63) is 53.7 Å². The molecule has 2 aromatic heterocycles. The van der Waals surface area contributed by atoms with E-state index in [1.807, 2.05) is 25.3 Å². The molecule has 94 valence electrons. The molecule has 0 bridgehead atoms. The number of rotatable bonds is 2. The van der Waals surface area contributed by atoms with Crippen LogP contribution in [0.1, 0.15) is 15.9 Å². The Labute approximate surface area is 109 Å². The molecule has 5 heteroatoms. The summed E-state index contributed by atoms with van der Waals surface area (Å²) in [5.41, 5.74) is 2.73. The minimum Gasteiger partial charge on any atom is -0.478 e. The predicted molar refractivity (Wildman–Crippen MR) is 70.1 cm³/mol. The van der Waals surface area contributed by atoms with E-state index in [9.17, 15) is 4.79 Å². The lowest BCUT2D eigenvalue weighted by atomic mass is 10.1. The minimum atomic E-state index is -0.957. The number of aryl methyl sites for hydroxylation is 1. The molecule has 0 radical (unpaired) electrons. The van der Waals surface area contributed by atoms with Crippen molar-refractivity contribution in [2.75, 3.05) is 0 Å². The fourth-order valence-electron chi connectivity index (χ4n) is 1.95. The van der Waals surface area contributed by atoms with Crippen LogP contribution in [-0.2, 0) is 0 Å². The molecule has 0 unspecified atom stereocenters. The van der Waals surface area contributed by atoms with Crippen LogP contribution in [0.25, 0.3) is 17.0 Å². The third-order valence-electron chi connectivity index (χ3n) is 2.93. The number of carboxylic acids is 1. The smallest absolute Gasteiger partial charge is 0.335 e. The van der Waals surface area contributed by atoms with E-state index in [1.54, 1.807) is 28.8 Å². The van der Waals surface area contributed by atoms with Crippen molar-refractivity contribution in [3.8, 4) is 11.4 Å². The Morgan fingerprint density at radius 3 is 2.84 bits per heavy atom. The van der Waals surface area contributed by atoms with Crippen LogP contribution in [0.2, 0.25) is 0 Å². The molecule has 1 N–H and O–H groups in total. The number of aromatic nitrogens is 3. The zero-order valence-electron chi connectivity index (χ0n) is 10.2. The lowest BCUT2D eigenvalue weighted by Crippen LogP contribution is -1.96. The van der Waals surface area contributed by atoms with Crippen molar-refractivity contribution in [3.63, 3.8) is 0 Å². The number of aromatic carboxylic acids is 1. The van der Waals surface area contributed by atoms with Gasteiger partial charge in [0.2, 0.25) is 0 Å². The minimum absolute atomic E-state index is 0.230. The third kappa shape index (κ3) is 1.95. The Morgan fingerprint density at radius 2 is 2.11 bits per heavy atom. The molecule has 1 aromatic carbocycles. The predicted octanol–water partition coefficient (Wildman–Crippen LogP) is 2.40. The van der Waals surface area contributed by atoms with Gasteiger partial charge < -0.3 is 5.11 Å². The fraction of sp³-hybridized carbons (Fsp3) is 0.0714. The molecule has 3 rings (SSSR count). The molecule has 0 saturated heterocycles. The highest BCUT2D eigenvalue weighted by Crippen LogP contribution is 2.19. The first-order valence-corrected chi connectivity index (χ1v) is 5.81. The van der Waals surface area contributed by atoms with Crippen LogP contribution >= 0.6 is 0 Å². The number of benzene rings is 1. The zero-order valence-corrected chi connectivity index (χ0v) is 10.2. The standard InChI is InChI=1S/C14H11N3O2/c1-9-4-3-7-17-13(9)15-12(16-17)10-5-2-6-11(8-10)14(18)19/h2-8H,1H3,(H,18,19). The van der Waals surface area contributed by atoms with Gasteiger partial charge in [-0.05, 0) is 30.7 Å². The van der Waals surface area contributed by atoms with Gasteiger partial charge in [-0.3, -0.25) is 0 Å².